The second kappa shape index (κ2) is 26.7. The number of rotatable bonds is 33. The van der Waals surface area contributed by atoms with E-state index in [1.807, 2.05) is 41.5 Å². The molecule has 3 saturated heterocycles. The van der Waals surface area contributed by atoms with Gasteiger partial charge in [0.1, 0.15) is 71.4 Å². The van der Waals surface area contributed by atoms with Gasteiger partial charge in [-0.15, -0.1) is 0 Å². The number of hydrogen-bond acceptors (Lipinski definition) is 29. The van der Waals surface area contributed by atoms with Crippen molar-refractivity contribution in [1.82, 2.24) is 59.4 Å². The Labute approximate surface area is 529 Å². The molecule has 0 radical (unpaired) electrons. The van der Waals surface area contributed by atoms with E-state index < -0.39 is 148 Å². The summed E-state index contributed by atoms with van der Waals surface area (Å²) in [6.07, 6.45) is -3.23. The SMILES string of the molecule is COC(=O)C(CC(C)C)NP(=O)(NC(CC(C)CCOC(=O)C(CC(C)C)NP(=O)(NC(CC(C)C)C(=O)OC)OCC1OC2(C)C(n3cnc4c(OC)nc(N)nc43)C2(O)C1O)C(=O)OC)OCC1OC2(C)C(n3cnc4c(OC)nc(N)nc43)C23OC(=O)OC13. The van der Waals surface area contributed by atoms with Crippen molar-refractivity contribution in [1.29, 1.82) is 0 Å². The number of methoxy groups -OCH3 is 5. The van der Waals surface area contributed by atoms with Crippen molar-refractivity contribution in [3.63, 3.8) is 0 Å². The van der Waals surface area contributed by atoms with Gasteiger partial charge in [0.15, 0.2) is 28.4 Å². The molecule has 4 aromatic rings. The lowest BCUT2D eigenvalue weighted by Crippen LogP contribution is -2.47. The van der Waals surface area contributed by atoms with E-state index in [2.05, 4.69) is 50.3 Å². The molecule has 17 unspecified atom stereocenters. The van der Waals surface area contributed by atoms with Gasteiger partial charge in [0.25, 0.3) is 0 Å². The Morgan fingerprint density at radius 1 is 0.641 bits per heavy atom. The molecule has 7 heterocycles. The maximum absolute atomic E-state index is 15.4. The highest BCUT2D eigenvalue weighted by Crippen LogP contribution is 2.73. The van der Waals surface area contributed by atoms with Crippen molar-refractivity contribution in [2.45, 2.75) is 177 Å². The Morgan fingerprint density at radius 2 is 1.07 bits per heavy atom. The molecule has 10 N–H and O–H groups in total. The van der Waals surface area contributed by atoms with E-state index in [9.17, 15) is 34.2 Å². The Kier molecular flexibility index (Phi) is 20.3. The van der Waals surface area contributed by atoms with Crippen LogP contribution in [0.4, 0.5) is 16.7 Å². The Hall–Kier alpha value is -6.49. The van der Waals surface area contributed by atoms with E-state index in [1.54, 1.807) is 25.3 Å². The van der Waals surface area contributed by atoms with Crippen LogP contribution in [-0.2, 0) is 75.3 Å². The molecular weight excluding hydrogens is 1250 g/mol. The number of aliphatic hydroxyl groups excluding tert-OH is 1. The van der Waals surface area contributed by atoms with Crippen molar-refractivity contribution >= 4 is 79.6 Å². The molecule has 0 aromatic carbocycles. The zero-order chi connectivity index (χ0) is 67.4. The number of imidazole rings is 2. The molecule has 5 fully saturated rings. The van der Waals surface area contributed by atoms with Gasteiger partial charge in [-0.25, -0.2) is 35.1 Å². The number of nitrogens with two attached hydrogens (primary N) is 2. The number of aliphatic hydroxyl groups is 2. The summed E-state index contributed by atoms with van der Waals surface area (Å²) in [4.78, 5) is 93.1. The summed E-state index contributed by atoms with van der Waals surface area (Å²) in [5.41, 5.74) is 6.74. The number of fused-ring (bicyclic) bond motifs is 3. The second-order valence-corrected chi connectivity index (χ2v) is 29.0. The van der Waals surface area contributed by atoms with E-state index in [0.717, 1.165) is 21.3 Å². The summed E-state index contributed by atoms with van der Waals surface area (Å²) in [6.45, 7) is 14.4. The zero-order valence-electron chi connectivity index (χ0n) is 53.7. The lowest BCUT2D eigenvalue weighted by Gasteiger charge is -2.31. The van der Waals surface area contributed by atoms with Gasteiger partial charge in [-0.05, 0) is 69.6 Å². The highest BCUT2D eigenvalue weighted by atomic mass is 31.2. The molecule has 3 aliphatic heterocycles. The van der Waals surface area contributed by atoms with Crippen LogP contribution in [-0.4, -0.2) is 206 Å². The van der Waals surface area contributed by atoms with Crippen LogP contribution in [0.5, 0.6) is 11.8 Å². The number of nitrogens with one attached hydrogen (secondary N) is 4. The summed E-state index contributed by atoms with van der Waals surface area (Å²) < 4.78 is 102. The van der Waals surface area contributed by atoms with E-state index in [4.69, 9.17) is 67.9 Å². The third-order valence-corrected chi connectivity index (χ3v) is 21.0. The number of nitrogens with zero attached hydrogens (tertiary/aromatic N) is 8. The fourth-order valence-electron chi connectivity index (χ4n) is 13.0. The van der Waals surface area contributed by atoms with Gasteiger partial charge in [0, 0.05) is 0 Å². The minimum atomic E-state index is -4.63. The summed E-state index contributed by atoms with van der Waals surface area (Å²) in [5, 5.41) is 35.0. The van der Waals surface area contributed by atoms with Gasteiger partial charge in [-0.3, -0.25) is 28.3 Å². The molecule has 17 atom stereocenters. The fourth-order valence-corrected chi connectivity index (χ4v) is 16.7. The van der Waals surface area contributed by atoms with Crippen LogP contribution in [0.25, 0.3) is 22.3 Å². The predicted octanol–water partition coefficient (Wildman–Crippen LogP) is 2.34. The van der Waals surface area contributed by atoms with Crippen molar-refractivity contribution in [2.75, 3.05) is 66.8 Å². The summed E-state index contributed by atoms with van der Waals surface area (Å²) >= 11 is 0. The number of carbonyl (C=O) groups excluding carboxylic acids is 5. The Balaban J connectivity index is 0.881. The standard InChI is InChI=1S/C55H84N14O21P2/c1-25(2)17-29(43(71)81-12)64-91(77,85-21-33-37(70)54(76)47(52(54,8)88-33)68-23-58-35-39(68)60-49(56)62-41(35)79-10)66-31(19-27(5)6)46(74)84-16-15-28(7)20-32(45(73)83-14)67-92(78,65-30(18-26(3)4)44(72)82-13)86-22-34-38-55(90-51(75)87-38)48(53(55,9)89-34)69-24-59-36-40(69)61-50(57)63-42(36)80-11/h23-34,37-38,47-48,70,76H,15-22H2,1-14H3,(H2,56,60,62)(H2,57,61,63)(H2,64,66,77)(H2,65,67,78). The minimum Gasteiger partial charge on any atom is -0.479 e. The van der Waals surface area contributed by atoms with Crippen molar-refractivity contribution < 1.29 is 99.7 Å². The summed E-state index contributed by atoms with van der Waals surface area (Å²) in [6, 6.07) is -6.95. The van der Waals surface area contributed by atoms with Crippen LogP contribution < -0.4 is 41.3 Å². The lowest BCUT2D eigenvalue weighted by molar-refractivity contribution is -0.147. The van der Waals surface area contributed by atoms with Crippen LogP contribution >= 0.6 is 15.3 Å². The van der Waals surface area contributed by atoms with Gasteiger partial charge in [-0.2, -0.15) is 19.9 Å². The Bertz CT molecular complexity index is 3530. The van der Waals surface area contributed by atoms with Crippen LogP contribution in [0.15, 0.2) is 12.7 Å². The van der Waals surface area contributed by atoms with Crippen molar-refractivity contribution in [2.24, 2.45) is 23.7 Å². The van der Waals surface area contributed by atoms with Gasteiger partial charge < -0.3 is 87.2 Å². The molecule has 4 aromatic heterocycles. The first-order valence-corrected chi connectivity index (χ1v) is 33.3. The van der Waals surface area contributed by atoms with Gasteiger partial charge in [-0.1, -0.05) is 48.5 Å². The molecule has 9 rings (SSSR count). The second-order valence-electron chi connectivity index (χ2n) is 25.3. The number of esters is 4. The van der Waals surface area contributed by atoms with E-state index in [0.29, 0.717) is 0 Å². The van der Waals surface area contributed by atoms with Gasteiger partial charge >= 0.3 is 45.4 Å². The van der Waals surface area contributed by atoms with Crippen LogP contribution in [0, 0.1) is 23.7 Å². The number of nitrogen functional groups attached to an aromatic ring is 2. The van der Waals surface area contributed by atoms with Gasteiger partial charge in [0.05, 0.1) is 68.0 Å². The first-order valence-electron chi connectivity index (χ1n) is 30.0. The topological polar surface area (TPSA) is 458 Å². The van der Waals surface area contributed by atoms with Gasteiger partial charge in [0.2, 0.25) is 29.3 Å². The molecule has 35 nitrogen and oxygen atoms in total. The number of carbonyl (C=O) groups is 5. The molecular formula is C55H84N14O21P2. The average Bonchev–Trinajstić information content (AvgIpc) is 1.47. The third-order valence-electron chi connectivity index (χ3n) is 17.4. The van der Waals surface area contributed by atoms with Crippen molar-refractivity contribution in [3.05, 3.63) is 12.7 Å². The molecule has 0 bridgehead atoms. The summed E-state index contributed by atoms with van der Waals surface area (Å²) in [5.74, 6) is -4.42. The first kappa shape index (κ1) is 69.8. The molecule has 2 saturated carbocycles. The lowest BCUT2D eigenvalue weighted by atomic mass is 9.99. The molecule has 0 amide bonds. The Morgan fingerprint density at radius 3 is 1.49 bits per heavy atom. The van der Waals surface area contributed by atoms with Crippen LogP contribution in [0.1, 0.15) is 107 Å². The quantitative estimate of drug-likeness (QED) is 0.0193. The third kappa shape index (κ3) is 13.1. The molecule has 1 spiro atoms. The van der Waals surface area contributed by atoms with Crippen molar-refractivity contribution in [3.8, 4) is 11.8 Å². The number of hydrogen-bond donors (Lipinski definition) is 8. The fraction of sp³-hybridized carbons (Fsp3) is 0.727. The molecule has 510 valence electrons. The highest BCUT2D eigenvalue weighted by Gasteiger charge is 2.92. The molecule has 2 aliphatic carbocycles. The average molecular weight is 1340 g/mol. The zero-order valence-corrected chi connectivity index (χ0v) is 55.5. The monoisotopic (exact) mass is 1340 g/mol. The number of ether oxygens (including phenoxy) is 10. The molecule has 5 aliphatic rings. The molecule has 37 heteroatoms. The summed E-state index contributed by atoms with van der Waals surface area (Å²) in [7, 11) is -3.01. The molecule has 92 heavy (non-hydrogen) atoms. The maximum Gasteiger partial charge on any atom is 0.509 e. The van der Waals surface area contributed by atoms with E-state index in [1.165, 1.54) is 31.4 Å². The highest BCUT2D eigenvalue weighted by molar-refractivity contribution is 7.55. The largest absolute Gasteiger partial charge is 0.509 e. The minimum absolute atomic E-state index is 0.0293. The number of aromatic nitrogens is 8. The van der Waals surface area contributed by atoms with E-state index >= 15 is 9.13 Å². The first-order chi connectivity index (χ1) is 43.3. The maximum atomic E-state index is 15.4. The van der Waals surface area contributed by atoms with E-state index in [-0.39, 0.29) is 102 Å². The van der Waals surface area contributed by atoms with Crippen LogP contribution in [0.3, 0.4) is 0 Å². The predicted molar refractivity (Wildman–Crippen MR) is 321 cm³/mol. The normalized spacial score (nSPS) is 29.1. The smallest absolute Gasteiger partial charge is 0.479 e. The number of anilines is 2. The van der Waals surface area contributed by atoms with Crippen LogP contribution in [0.2, 0.25) is 0 Å².